The summed E-state index contributed by atoms with van der Waals surface area (Å²) in [5, 5.41) is 15.5. The average molecular weight is 296 g/mol. The van der Waals surface area contributed by atoms with E-state index in [0.29, 0.717) is 49.2 Å². The van der Waals surface area contributed by atoms with Crippen LogP contribution in [0.4, 0.5) is 18.3 Å². The quantitative estimate of drug-likeness (QED) is 0.904. The second kappa shape index (κ2) is 5.59. The maximum Gasteiger partial charge on any atom is 0.445 e. The highest BCUT2D eigenvalue weighted by atomic mass is 32.1. The fourth-order valence-corrected chi connectivity index (χ4v) is 2.72. The summed E-state index contributed by atoms with van der Waals surface area (Å²) in [6.45, 7) is 4.89. The molecule has 1 aromatic heterocycles. The molecule has 1 fully saturated rings. The number of aromatic nitrogens is 2. The monoisotopic (exact) mass is 296 g/mol. The number of hydrogen-bond acceptors (Lipinski definition) is 6. The summed E-state index contributed by atoms with van der Waals surface area (Å²) in [6, 6.07) is 0. The van der Waals surface area contributed by atoms with Crippen molar-refractivity contribution in [1.29, 1.82) is 0 Å². The second-order valence-corrected chi connectivity index (χ2v) is 5.48. The number of aliphatic hydroxyl groups is 1. The summed E-state index contributed by atoms with van der Waals surface area (Å²) < 4.78 is 37.3. The van der Waals surface area contributed by atoms with Gasteiger partial charge in [-0.15, -0.1) is 10.2 Å². The molecule has 1 aromatic rings. The number of piperazine rings is 1. The van der Waals surface area contributed by atoms with Gasteiger partial charge in [0, 0.05) is 32.7 Å². The minimum atomic E-state index is -4.43. The molecule has 1 saturated heterocycles. The lowest BCUT2D eigenvalue weighted by molar-refractivity contribution is -0.138. The first-order valence-corrected chi connectivity index (χ1v) is 6.74. The first-order chi connectivity index (χ1) is 8.86. The molecule has 0 aliphatic carbocycles. The highest BCUT2D eigenvalue weighted by molar-refractivity contribution is 7.15. The van der Waals surface area contributed by atoms with Crippen molar-refractivity contribution in [2.24, 2.45) is 0 Å². The Morgan fingerprint density at radius 2 is 1.89 bits per heavy atom. The van der Waals surface area contributed by atoms with Crippen LogP contribution in [0.1, 0.15) is 11.9 Å². The van der Waals surface area contributed by atoms with Crippen molar-refractivity contribution in [3.8, 4) is 0 Å². The third-order valence-electron chi connectivity index (χ3n) is 2.82. The van der Waals surface area contributed by atoms with Crippen molar-refractivity contribution in [1.82, 2.24) is 15.1 Å². The number of rotatable bonds is 3. The van der Waals surface area contributed by atoms with Crippen LogP contribution >= 0.6 is 11.3 Å². The van der Waals surface area contributed by atoms with Gasteiger partial charge in [0.15, 0.2) is 0 Å². The van der Waals surface area contributed by atoms with E-state index >= 15 is 0 Å². The number of β-amino-alcohol motifs (C(OH)–C–C–N with tert-alkyl or cyclic N) is 1. The summed E-state index contributed by atoms with van der Waals surface area (Å²) >= 11 is 0.572. The molecule has 0 aromatic carbocycles. The predicted octanol–water partition coefficient (Wildman–Crippen LogP) is 1.06. The summed E-state index contributed by atoms with van der Waals surface area (Å²) in [6.07, 6.45) is -4.82. The molecule has 1 atom stereocenters. The molecular formula is C10H15F3N4OS. The number of aliphatic hydroxyl groups excluding tert-OH is 1. The van der Waals surface area contributed by atoms with Crippen LogP contribution in [0.25, 0.3) is 0 Å². The van der Waals surface area contributed by atoms with Gasteiger partial charge in [-0.1, -0.05) is 11.3 Å². The highest BCUT2D eigenvalue weighted by Crippen LogP contribution is 2.34. The molecule has 0 spiro atoms. The maximum absolute atomic E-state index is 12.4. The Hall–Kier alpha value is -0.930. The first-order valence-electron chi connectivity index (χ1n) is 5.92. The van der Waals surface area contributed by atoms with E-state index in [9.17, 15) is 18.3 Å². The molecule has 0 bridgehead atoms. The zero-order valence-electron chi connectivity index (χ0n) is 10.4. The lowest BCUT2D eigenvalue weighted by atomic mass is 10.3. The van der Waals surface area contributed by atoms with E-state index in [1.807, 2.05) is 0 Å². The van der Waals surface area contributed by atoms with Crippen LogP contribution in [-0.2, 0) is 6.18 Å². The maximum atomic E-state index is 12.4. The van der Waals surface area contributed by atoms with Gasteiger partial charge in [-0.3, -0.25) is 4.90 Å². The van der Waals surface area contributed by atoms with Gasteiger partial charge >= 0.3 is 6.18 Å². The minimum Gasteiger partial charge on any atom is -0.392 e. The van der Waals surface area contributed by atoms with E-state index in [0.717, 1.165) is 0 Å². The zero-order chi connectivity index (χ0) is 14.0. The van der Waals surface area contributed by atoms with Crippen molar-refractivity contribution < 1.29 is 18.3 Å². The van der Waals surface area contributed by atoms with Gasteiger partial charge in [-0.2, -0.15) is 13.2 Å². The van der Waals surface area contributed by atoms with Crippen molar-refractivity contribution >= 4 is 16.5 Å². The van der Waals surface area contributed by atoms with E-state index in [2.05, 4.69) is 15.1 Å². The lowest BCUT2D eigenvalue weighted by Crippen LogP contribution is -2.48. The van der Waals surface area contributed by atoms with Gasteiger partial charge in [0.05, 0.1) is 6.10 Å². The number of anilines is 1. The summed E-state index contributed by atoms with van der Waals surface area (Å²) in [4.78, 5) is 3.87. The third kappa shape index (κ3) is 3.77. The topological polar surface area (TPSA) is 52.5 Å². The predicted molar refractivity (Wildman–Crippen MR) is 65.2 cm³/mol. The molecule has 1 N–H and O–H groups in total. The van der Waals surface area contributed by atoms with E-state index in [-0.39, 0.29) is 0 Å². The van der Waals surface area contributed by atoms with Gasteiger partial charge in [-0.05, 0) is 6.92 Å². The van der Waals surface area contributed by atoms with E-state index < -0.39 is 17.3 Å². The van der Waals surface area contributed by atoms with Crippen molar-refractivity contribution in [2.75, 3.05) is 37.6 Å². The van der Waals surface area contributed by atoms with E-state index in [4.69, 9.17) is 0 Å². The number of alkyl halides is 3. The van der Waals surface area contributed by atoms with Gasteiger partial charge in [0.2, 0.25) is 10.1 Å². The molecule has 1 aliphatic heterocycles. The molecule has 0 unspecified atom stereocenters. The number of nitrogens with zero attached hydrogens (tertiary/aromatic N) is 4. The molecule has 0 radical (unpaired) electrons. The zero-order valence-corrected chi connectivity index (χ0v) is 11.2. The van der Waals surface area contributed by atoms with Crippen LogP contribution in [0, 0.1) is 0 Å². The molecule has 108 valence electrons. The highest BCUT2D eigenvalue weighted by Gasteiger charge is 2.36. The average Bonchev–Trinajstić information content (AvgIpc) is 2.78. The Morgan fingerprint density at radius 1 is 1.26 bits per heavy atom. The van der Waals surface area contributed by atoms with E-state index in [1.54, 1.807) is 11.8 Å². The van der Waals surface area contributed by atoms with Gasteiger partial charge in [0.1, 0.15) is 0 Å². The first kappa shape index (κ1) is 14.5. The second-order valence-electron chi connectivity index (χ2n) is 4.52. The normalized spacial score (nSPS) is 19.7. The molecule has 5 nitrogen and oxygen atoms in total. The molecule has 0 saturated carbocycles. The standard InChI is InChI=1S/C10H15F3N4OS/c1-7(18)6-16-2-4-17(5-3-16)9-15-14-8(19-9)10(11,12)13/h7,18H,2-6H2,1H3/t7-/m1/s1. The Bertz CT molecular complexity index is 415. The Labute approximate surface area is 112 Å². The summed E-state index contributed by atoms with van der Waals surface area (Å²) in [5.41, 5.74) is 0. The van der Waals surface area contributed by atoms with E-state index in [1.165, 1.54) is 0 Å². The molecule has 9 heteroatoms. The van der Waals surface area contributed by atoms with Crippen LogP contribution in [0.5, 0.6) is 0 Å². The lowest BCUT2D eigenvalue weighted by Gasteiger charge is -2.34. The van der Waals surface area contributed by atoms with Crippen LogP contribution in [0.2, 0.25) is 0 Å². The smallest absolute Gasteiger partial charge is 0.392 e. The van der Waals surface area contributed by atoms with Gasteiger partial charge in [0.25, 0.3) is 0 Å². The number of halogens is 3. The molecule has 0 amide bonds. The molecule has 1 aliphatic rings. The summed E-state index contributed by atoms with van der Waals surface area (Å²) in [5.74, 6) is 0. The van der Waals surface area contributed by atoms with Gasteiger partial charge < -0.3 is 10.0 Å². The van der Waals surface area contributed by atoms with Gasteiger partial charge in [-0.25, -0.2) is 0 Å². The molecule has 2 heterocycles. The molecule has 2 rings (SSSR count). The SMILES string of the molecule is C[C@@H](O)CN1CCN(c2nnc(C(F)(F)F)s2)CC1. The van der Waals surface area contributed by atoms with Crippen molar-refractivity contribution in [3.05, 3.63) is 5.01 Å². The van der Waals surface area contributed by atoms with Crippen LogP contribution in [0.3, 0.4) is 0 Å². The Balaban J connectivity index is 1.93. The minimum absolute atomic E-state index is 0.309. The van der Waals surface area contributed by atoms with Crippen LogP contribution in [0.15, 0.2) is 0 Å². The largest absolute Gasteiger partial charge is 0.445 e. The number of hydrogen-bond donors (Lipinski definition) is 1. The molecular weight excluding hydrogens is 281 g/mol. The Kier molecular flexibility index (Phi) is 4.26. The van der Waals surface area contributed by atoms with Crippen LogP contribution < -0.4 is 4.90 Å². The third-order valence-corrected chi connectivity index (χ3v) is 3.85. The Morgan fingerprint density at radius 3 is 2.37 bits per heavy atom. The van der Waals surface area contributed by atoms with Crippen molar-refractivity contribution in [3.63, 3.8) is 0 Å². The fraction of sp³-hybridized carbons (Fsp3) is 0.800. The van der Waals surface area contributed by atoms with Crippen LogP contribution in [-0.4, -0.2) is 59.0 Å². The molecule has 19 heavy (non-hydrogen) atoms. The van der Waals surface area contributed by atoms with Crippen molar-refractivity contribution in [2.45, 2.75) is 19.2 Å². The summed E-state index contributed by atoms with van der Waals surface area (Å²) in [7, 11) is 0. The fourth-order valence-electron chi connectivity index (χ4n) is 1.95.